The highest BCUT2D eigenvalue weighted by atomic mass is 35.5. The number of ketones is 1. The summed E-state index contributed by atoms with van der Waals surface area (Å²) in [5, 5.41) is 9.90. The van der Waals surface area contributed by atoms with E-state index in [1.165, 1.54) is 0 Å². The maximum absolute atomic E-state index is 11.7. The highest BCUT2D eigenvalue weighted by Gasteiger charge is 2.25. The number of nitrogens with zero attached hydrogens (tertiary/aromatic N) is 1. The van der Waals surface area contributed by atoms with Crippen LogP contribution >= 0.6 is 11.6 Å². The molecule has 0 saturated carbocycles. The molecule has 0 spiro atoms. The second-order valence-corrected chi connectivity index (χ2v) is 5.35. The first kappa shape index (κ1) is 13.5. The number of benzene rings is 1. The van der Waals surface area contributed by atoms with Gasteiger partial charge in [0, 0.05) is 24.0 Å². The second kappa shape index (κ2) is 5.83. The molecule has 1 N–H and O–H groups in total. The fraction of sp³-hybridized carbons (Fsp3) is 0.500. The Hall–Kier alpha value is -0.900. The highest BCUT2D eigenvalue weighted by Crippen LogP contribution is 2.24. The van der Waals surface area contributed by atoms with Crippen LogP contribution in [0.4, 0.5) is 0 Å². The first-order chi connectivity index (χ1) is 8.56. The Morgan fingerprint density at radius 1 is 1.44 bits per heavy atom. The number of carbonyl (C=O) groups is 1. The van der Waals surface area contributed by atoms with Gasteiger partial charge in [-0.05, 0) is 37.6 Å². The third-order valence-corrected chi connectivity index (χ3v) is 3.69. The topological polar surface area (TPSA) is 40.5 Å². The molecule has 98 valence electrons. The van der Waals surface area contributed by atoms with Gasteiger partial charge >= 0.3 is 0 Å². The first-order valence-electron chi connectivity index (χ1n) is 6.22. The summed E-state index contributed by atoms with van der Waals surface area (Å²) < 4.78 is 0. The fourth-order valence-corrected chi connectivity index (χ4v) is 2.46. The average molecular weight is 268 g/mol. The average Bonchev–Trinajstić information content (AvgIpc) is 2.28. The number of carbonyl (C=O) groups excluding carboxylic acids is 1. The van der Waals surface area contributed by atoms with Crippen molar-refractivity contribution >= 4 is 17.4 Å². The van der Waals surface area contributed by atoms with Crippen molar-refractivity contribution in [2.45, 2.75) is 25.4 Å². The third-order valence-electron chi connectivity index (χ3n) is 3.43. The lowest BCUT2D eigenvalue weighted by Crippen LogP contribution is -2.51. The Balaban J connectivity index is 1.95. The van der Waals surface area contributed by atoms with Crippen molar-refractivity contribution in [2.75, 3.05) is 19.6 Å². The van der Waals surface area contributed by atoms with E-state index in [9.17, 15) is 9.90 Å². The Kier molecular flexibility index (Phi) is 4.38. The van der Waals surface area contributed by atoms with E-state index in [1.807, 2.05) is 24.3 Å². The number of likely N-dealkylation sites (tertiary alicyclic amines) is 1. The lowest BCUT2D eigenvalue weighted by molar-refractivity contribution is -0.118. The normalized spacial score (nSPS) is 18.4. The maximum Gasteiger partial charge on any atom is 0.137 e. The minimum absolute atomic E-state index is 0.0694. The zero-order valence-corrected chi connectivity index (χ0v) is 11.2. The number of β-amino-alcohol motifs (C(OH)–C–C–N with tert-alkyl or cyclic N) is 1. The predicted molar refractivity (Wildman–Crippen MR) is 71.9 cm³/mol. The lowest BCUT2D eigenvalue weighted by atomic mass is 9.91. The molecule has 1 aliphatic rings. The van der Waals surface area contributed by atoms with E-state index in [0.717, 1.165) is 31.6 Å². The molecule has 0 aromatic heterocycles. The van der Waals surface area contributed by atoms with Gasteiger partial charge in [0.1, 0.15) is 5.78 Å². The van der Waals surface area contributed by atoms with Gasteiger partial charge in [-0.3, -0.25) is 9.69 Å². The van der Waals surface area contributed by atoms with E-state index in [-0.39, 0.29) is 17.8 Å². The smallest absolute Gasteiger partial charge is 0.137 e. The molecule has 0 aliphatic carbocycles. The molecule has 18 heavy (non-hydrogen) atoms. The van der Waals surface area contributed by atoms with Crippen LogP contribution in [0.5, 0.6) is 0 Å². The van der Waals surface area contributed by atoms with Crippen LogP contribution in [0.2, 0.25) is 5.02 Å². The number of aliphatic hydroxyl groups excluding tert-OH is 1. The number of Topliss-reactive ketones (excluding diaryl/α,β-unsaturated/α-hetero) is 1. The second-order valence-electron chi connectivity index (χ2n) is 4.92. The molecule has 3 nitrogen and oxygen atoms in total. The van der Waals surface area contributed by atoms with Crippen LogP contribution in [0.3, 0.4) is 0 Å². The van der Waals surface area contributed by atoms with Gasteiger partial charge in [0.05, 0.1) is 6.10 Å². The van der Waals surface area contributed by atoms with Crippen molar-refractivity contribution in [1.29, 1.82) is 0 Å². The number of hydrogen-bond donors (Lipinski definition) is 1. The van der Waals surface area contributed by atoms with Gasteiger partial charge < -0.3 is 5.11 Å². The van der Waals surface area contributed by atoms with E-state index in [1.54, 1.807) is 6.92 Å². The monoisotopic (exact) mass is 267 g/mol. The van der Waals surface area contributed by atoms with Crippen LogP contribution in [-0.2, 0) is 4.79 Å². The molecule has 0 bridgehead atoms. The standard InChI is InChI=1S/C14H18ClNO2/c1-10(17)14(6-7-16-8-13(18)9-16)11-2-4-12(15)5-3-11/h2-5,13-14,18H,6-9H2,1H3/t14-/m0/s1. The summed E-state index contributed by atoms with van der Waals surface area (Å²) in [4.78, 5) is 13.9. The molecule has 1 aliphatic heterocycles. The molecule has 1 fully saturated rings. The number of rotatable bonds is 5. The van der Waals surface area contributed by atoms with E-state index in [4.69, 9.17) is 11.6 Å². The van der Waals surface area contributed by atoms with Gasteiger partial charge in [0.25, 0.3) is 0 Å². The molecular formula is C14H18ClNO2. The predicted octanol–water partition coefficient (Wildman–Crippen LogP) is 2.08. The zero-order chi connectivity index (χ0) is 13.1. The molecule has 1 saturated heterocycles. The largest absolute Gasteiger partial charge is 0.390 e. The molecule has 0 amide bonds. The molecule has 1 aromatic carbocycles. The Morgan fingerprint density at radius 2 is 2.06 bits per heavy atom. The van der Waals surface area contributed by atoms with Crippen molar-refractivity contribution in [3.63, 3.8) is 0 Å². The fourth-order valence-electron chi connectivity index (χ4n) is 2.34. The number of aliphatic hydroxyl groups is 1. The van der Waals surface area contributed by atoms with Crippen LogP contribution < -0.4 is 0 Å². The first-order valence-corrected chi connectivity index (χ1v) is 6.60. The highest BCUT2D eigenvalue weighted by molar-refractivity contribution is 6.30. The van der Waals surface area contributed by atoms with E-state index in [0.29, 0.717) is 5.02 Å². The molecule has 0 unspecified atom stereocenters. The van der Waals surface area contributed by atoms with Crippen LogP contribution in [-0.4, -0.2) is 41.5 Å². The summed E-state index contributed by atoms with van der Waals surface area (Å²) in [5.74, 6) is 0.110. The van der Waals surface area contributed by atoms with Crippen molar-refractivity contribution in [1.82, 2.24) is 4.90 Å². The number of halogens is 1. The van der Waals surface area contributed by atoms with E-state index in [2.05, 4.69) is 4.90 Å². The third kappa shape index (κ3) is 3.31. The summed E-state index contributed by atoms with van der Waals surface area (Å²) >= 11 is 5.85. The van der Waals surface area contributed by atoms with Gasteiger partial charge in [-0.1, -0.05) is 23.7 Å². The Labute approximate surface area is 112 Å². The maximum atomic E-state index is 11.7. The lowest BCUT2D eigenvalue weighted by Gasteiger charge is -2.36. The summed E-state index contributed by atoms with van der Waals surface area (Å²) in [6.07, 6.45) is 0.611. The minimum Gasteiger partial charge on any atom is -0.390 e. The SMILES string of the molecule is CC(=O)[C@H](CCN1CC(O)C1)c1ccc(Cl)cc1. The summed E-state index contributed by atoms with van der Waals surface area (Å²) in [7, 11) is 0. The van der Waals surface area contributed by atoms with Crippen LogP contribution in [0.15, 0.2) is 24.3 Å². The van der Waals surface area contributed by atoms with Crippen LogP contribution in [0.1, 0.15) is 24.8 Å². The Bertz CT molecular complexity index is 412. The minimum atomic E-state index is -0.184. The molecule has 4 heteroatoms. The van der Waals surface area contributed by atoms with Gasteiger partial charge in [-0.25, -0.2) is 0 Å². The van der Waals surface area contributed by atoms with E-state index >= 15 is 0 Å². The Morgan fingerprint density at radius 3 is 2.56 bits per heavy atom. The van der Waals surface area contributed by atoms with Crippen LogP contribution in [0, 0.1) is 0 Å². The van der Waals surface area contributed by atoms with Crippen molar-refractivity contribution in [2.24, 2.45) is 0 Å². The van der Waals surface area contributed by atoms with Gasteiger partial charge in [-0.2, -0.15) is 0 Å². The van der Waals surface area contributed by atoms with E-state index < -0.39 is 0 Å². The van der Waals surface area contributed by atoms with Crippen molar-refractivity contribution < 1.29 is 9.90 Å². The summed E-state index contributed by atoms with van der Waals surface area (Å²) in [6.45, 7) is 3.94. The zero-order valence-electron chi connectivity index (χ0n) is 10.5. The summed E-state index contributed by atoms with van der Waals surface area (Å²) in [6, 6.07) is 7.47. The van der Waals surface area contributed by atoms with Gasteiger partial charge in [-0.15, -0.1) is 0 Å². The van der Waals surface area contributed by atoms with Gasteiger partial charge in [0.2, 0.25) is 0 Å². The molecular weight excluding hydrogens is 250 g/mol. The number of hydrogen-bond acceptors (Lipinski definition) is 3. The van der Waals surface area contributed by atoms with Crippen molar-refractivity contribution in [3.05, 3.63) is 34.9 Å². The molecule has 1 aromatic rings. The summed E-state index contributed by atoms with van der Waals surface area (Å²) in [5.41, 5.74) is 1.02. The quantitative estimate of drug-likeness (QED) is 0.888. The van der Waals surface area contributed by atoms with Crippen LogP contribution in [0.25, 0.3) is 0 Å². The molecule has 1 heterocycles. The van der Waals surface area contributed by atoms with Crippen molar-refractivity contribution in [3.8, 4) is 0 Å². The molecule has 0 radical (unpaired) electrons. The molecule has 1 atom stereocenters. The van der Waals surface area contributed by atoms with Gasteiger partial charge in [0.15, 0.2) is 0 Å². The molecule has 2 rings (SSSR count).